The number of nitrogens with zero attached hydrogens (tertiary/aromatic N) is 1. The molecule has 1 aliphatic heterocycles. The predicted molar refractivity (Wildman–Crippen MR) is 48.5 cm³/mol. The fourth-order valence-electron chi connectivity index (χ4n) is 1.51. The highest BCUT2D eigenvalue weighted by Gasteiger charge is 2.55. The molecule has 0 saturated carbocycles. The van der Waals surface area contributed by atoms with Gasteiger partial charge in [-0.3, -0.25) is 5.32 Å². The number of amides is 1. The van der Waals surface area contributed by atoms with E-state index in [0.29, 0.717) is 13.0 Å². The van der Waals surface area contributed by atoms with Crippen molar-refractivity contribution in [2.45, 2.75) is 31.4 Å². The largest absolute Gasteiger partial charge is 0.440 e. The first-order chi connectivity index (χ1) is 6.47. The molecular weight excluding hydrogens is 184 g/mol. The molecule has 0 spiro atoms. The molecule has 0 aromatic carbocycles. The Labute approximate surface area is 83.0 Å². The van der Waals surface area contributed by atoms with Gasteiger partial charge in [-0.1, -0.05) is 0 Å². The van der Waals surface area contributed by atoms with Crippen molar-refractivity contribution < 1.29 is 14.3 Å². The molecule has 1 unspecified atom stereocenters. The average molecular weight is 198 g/mol. The molecule has 1 N–H and O–H groups in total. The molecule has 78 valence electrons. The van der Waals surface area contributed by atoms with Gasteiger partial charge in [-0.15, -0.1) is 0 Å². The van der Waals surface area contributed by atoms with Crippen molar-refractivity contribution in [2.24, 2.45) is 0 Å². The van der Waals surface area contributed by atoms with Crippen LogP contribution in [-0.2, 0) is 9.47 Å². The molecule has 0 bridgehead atoms. The van der Waals surface area contributed by atoms with Gasteiger partial charge in [0.25, 0.3) is 0 Å². The smallest absolute Gasteiger partial charge is 0.409 e. The van der Waals surface area contributed by atoms with Crippen LogP contribution in [0.5, 0.6) is 0 Å². The highest BCUT2D eigenvalue weighted by Crippen LogP contribution is 2.33. The van der Waals surface area contributed by atoms with Gasteiger partial charge in [0, 0.05) is 20.1 Å². The normalized spacial score (nSPS) is 29.1. The lowest BCUT2D eigenvalue weighted by atomic mass is 9.82. The summed E-state index contributed by atoms with van der Waals surface area (Å²) in [5.41, 5.74) is -1.81. The Morgan fingerprint density at radius 1 is 1.64 bits per heavy atom. The number of hydrogen-bond acceptors (Lipinski definition) is 4. The van der Waals surface area contributed by atoms with Gasteiger partial charge < -0.3 is 9.47 Å². The van der Waals surface area contributed by atoms with Crippen molar-refractivity contribution in [1.29, 1.82) is 5.26 Å². The molecule has 14 heavy (non-hydrogen) atoms. The van der Waals surface area contributed by atoms with Crippen molar-refractivity contribution in [1.82, 2.24) is 5.32 Å². The van der Waals surface area contributed by atoms with Gasteiger partial charge in [-0.05, 0) is 13.8 Å². The standard InChI is InChI=1S/C9H14N2O3/c1-8(2)9(6-10,4-5-13-3)11-7(12)14-8/h4-5H2,1-3H3,(H,11,12). The van der Waals surface area contributed by atoms with Crippen LogP contribution in [-0.4, -0.2) is 30.9 Å². The number of rotatable bonds is 3. The first-order valence-electron chi connectivity index (χ1n) is 4.39. The van der Waals surface area contributed by atoms with Crippen molar-refractivity contribution in [3.63, 3.8) is 0 Å². The lowest BCUT2D eigenvalue weighted by molar-refractivity contribution is 0.0384. The van der Waals surface area contributed by atoms with Gasteiger partial charge in [0.2, 0.25) is 0 Å². The van der Waals surface area contributed by atoms with Crippen LogP contribution < -0.4 is 5.32 Å². The van der Waals surface area contributed by atoms with E-state index in [9.17, 15) is 4.79 Å². The van der Waals surface area contributed by atoms with Gasteiger partial charge in [0.1, 0.15) is 5.60 Å². The van der Waals surface area contributed by atoms with E-state index < -0.39 is 17.2 Å². The van der Waals surface area contributed by atoms with Crippen molar-refractivity contribution in [3.05, 3.63) is 0 Å². The van der Waals surface area contributed by atoms with Gasteiger partial charge in [-0.25, -0.2) is 4.79 Å². The van der Waals surface area contributed by atoms with E-state index in [1.807, 2.05) is 0 Å². The summed E-state index contributed by atoms with van der Waals surface area (Å²) < 4.78 is 9.93. The highest BCUT2D eigenvalue weighted by molar-refractivity contribution is 5.73. The maximum Gasteiger partial charge on any atom is 0.409 e. The van der Waals surface area contributed by atoms with Crippen molar-refractivity contribution >= 4 is 6.09 Å². The summed E-state index contributed by atoms with van der Waals surface area (Å²) >= 11 is 0. The molecule has 1 amide bonds. The minimum atomic E-state index is -0.986. The number of alkyl carbamates (subject to hydrolysis) is 1. The Hall–Kier alpha value is -1.28. The van der Waals surface area contributed by atoms with Gasteiger partial charge >= 0.3 is 6.09 Å². The van der Waals surface area contributed by atoms with Crippen LogP contribution >= 0.6 is 0 Å². The lowest BCUT2D eigenvalue weighted by Gasteiger charge is -2.31. The summed E-state index contributed by atoms with van der Waals surface area (Å²) in [5.74, 6) is 0. The van der Waals surface area contributed by atoms with Crippen LogP contribution in [0.1, 0.15) is 20.3 Å². The van der Waals surface area contributed by atoms with E-state index in [-0.39, 0.29) is 0 Å². The fraction of sp³-hybridized carbons (Fsp3) is 0.778. The minimum Gasteiger partial charge on any atom is -0.440 e. The Morgan fingerprint density at radius 2 is 2.29 bits per heavy atom. The van der Waals surface area contributed by atoms with Crippen molar-refractivity contribution in [2.75, 3.05) is 13.7 Å². The summed E-state index contributed by atoms with van der Waals surface area (Å²) in [6.45, 7) is 3.83. The summed E-state index contributed by atoms with van der Waals surface area (Å²) in [5, 5.41) is 11.6. The Bertz CT molecular complexity index is 282. The van der Waals surface area contributed by atoms with Gasteiger partial charge in [-0.2, -0.15) is 5.26 Å². The van der Waals surface area contributed by atoms with E-state index >= 15 is 0 Å². The van der Waals surface area contributed by atoms with E-state index in [1.54, 1.807) is 21.0 Å². The Morgan fingerprint density at radius 3 is 2.64 bits per heavy atom. The Kier molecular flexibility index (Phi) is 2.67. The molecule has 0 aliphatic carbocycles. The number of hydrogen-bond donors (Lipinski definition) is 1. The maximum absolute atomic E-state index is 11.1. The Balaban J connectivity index is 2.88. The predicted octanol–water partition coefficient (Wildman–Crippen LogP) is 0.804. The zero-order valence-corrected chi connectivity index (χ0v) is 8.59. The summed E-state index contributed by atoms with van der Waals surface area (Å²) in [4.78, 5) is 11.1. The van der Waals surface area contributed by atoms with E-state index in [0.717, 1.165) is 0 Å². The zero-order valence-electron chi connectivity index (χ0n) is 8.59. The molecule has 1 atom stereocenters. The van der Waals surface area contributed by atoms with Crippen LogP contribution in [0.4, 0.5) is 4.79 Å². The molecule has 1 heterocycles. The molecule has 0 aromatic rings. The number of carbonyl (C=O) groups is 1. The highest BCUT2D eigenvalue weighted by atomic mass is 16.6. The van der Waals surface area contributed by atoms with Crippen LogP contribution in [0.2, 0.25) is 0 Å². The molecule has 1 saturated heterocycles. The van der Waals surface area contributed by atoms with Crippen LogP contribution in [0.15, 0.2) is 0 Å². The zero-order chi connectivity index (χ0) is 10.8. The van der Waals surface area contributed by atoms with Crippen LogP contribution in [0, 0.1) is 11.3 Å². The van der Waals surface area contributed by atoms with E-state index in [4.69, 9.17) is 14.7 Å². The third kappa shape index (κ3) is 1.53. The first-order valence-corrected chi connectivity index (χ1v) is 4.39. The summed E-state index contributed by atoms with van der Waals surface area (Å²) in [6.07, 6.45) is -0.133. The monoisotopic (exact) mass is 198 g/mol. The molecular formula is C9H14N2O3. The second-order valence-electron chi connectivity index (χ2n) is 3.78. The fourth-order valence-corrected chi connectivity index (χ4v) is 1.51. The summed E-state index contributed by atoms with van der Waals surface area (Å²) in [7, 11) is 1.55. The lowest BCUT2D eigenvalue weighted by Crippen LogP contribution is -2.53. The third-order valence-electron chi connectivity index (χ3n) is 2.56. The number of cyclic esters (lactones) is 1. The summed E-state index contributed by atoms with van der Waals surface area (Å²) in [6, 6.07) is 2.10. The molecule has 5 nitrogen and oxygen atoms in total. The average Bonchev–Trinajstić information content (AvgIpc) is 2.32. The molecule has 0 radical (unpaired) electrons. The number of nitrogens with one attached hydrogen (secondary N) is 1. The second kappa shape index (κ2) is 3.46. The molecule has 1 rings (SSSR count). The molecule has 0 aromatic heterocycles. The van der Waals surface area contributed by atoms with E-state index in [2.05, 4.69) is 11.4 Å². The number of nitriles is 1. The van der Waals surface area contributed by atoms with E-state index in [1.165, 1.54) is 0 Å². The molecule has 1 aliphatic rings. The topological polar surface area (TPSA) is 71.3 Å². The SMILES string of the molecule is COCCC1(C#N)NC(=O)OC1(C)C. The van der Waals surface area contributed by atoms with Crippen molar-refractivity contribution in [3.8, 4) is 6.07 Å². The number of carbonyl (C=O) groups excluding carboxylic acids is 1. The number of ether oxygens (including phenoxy) is 2. The van der Waals surface area contributed by atoms with Gasteiger partial charge in [0.05, 0.1) is 6.07 Å². The minimum absolute atomic E-state index is 0.403. The molecule has 5 heteroatoms. The second-order valence-corrected chi connectivity index (χ2v) is 3.78. The molecule has 1 fully saturated rings. The van der Waals surface area contributed by atoms with Gasteiger partial charge in [0.15, 0.2) is 5.54 Å². The maximum atomic E-state index is 11.1. The quantitative estimate of drug-likeness (QED) is 0.728. The third-order valence-corrected chi connectivity index (χ3v) is 2.56. The number of methoxy groups -OCH3 is 1. The first kappa shape index (κ1) is 10.8. The van der Waals surface area contributed by atoms with Crippen LogP contribution in [0.3, 0.4) is 0 Å². The van der Waals surface area contributed by atoms with Crippen LogP contribution in [0.25, 0.3) is 0 Å².